The molecule has 0 radical (unpaired) electrons. The zero-order valence-corrected chi connectivity index (χ0v) is 20.0. The number of fused-ring (bicyclic) bond motifs is 1. The molecule has 4 aliphatic rings. The second-order valence-electron chi connectivity index (χ2n) is 10.9. The smallest absolute Gasteiger partial charge is 0.309 e. The Balaban J connectivity index is 1.48. The van der Waals surface area contributed by atoms with Gasteiger partial charge in [-0.1, -0.05) is 51.4 Å². The Labute approximate surface area is 196 Å². The SMILES string of the molecule is CC(COC(=O)C1CCCCC1)(COC(=O)C1CCCCC1)N1C(=O)C2CCCCC2C1=O. The maximum absolute atomic E-state index is 13.3. The standard InChI is InChI=1S/C26H39NO6/c1-26(16-32-24(30)18-10-4-2-5-11-18,17-33-25(31)19-12-6-3-7-13-19)27-22(28)20-14-8-9-15-21(20)23(27)29/h18-21H,2-17H2,1H3. The Bertz CT molecular complexity index is 694. The number of hydrogen-bond donors (Lipinski definition) is 0. The molecule has 3 saturated carbocycles. The zero-order chi connectivity index (χ0) is 23.4. The van der Waals surface area contributed by atoms with Crippen molar-refractivity contribution in [3.8, 4) is 0 Å². The van der Waals surface area contributed by atoms with Crippen LogP contribution in [0.25, 0.3) is 0 Å². The lowest BCUT2D eigenvalue weighted by molar-refractivity contribution is -0.169. The van der Waals surface area contributed by atoms with E-state index in [4.69, 9.17) is 9.47 Å². The summed E-state index contributed by atoms with van der Waals surface area (Å²) < 4.78 is 11.4. The quantitative estimate of drug-likeness (QED) is 0.418. The molecule has 0 bridgehead atoms. The molecular formula is C26H39NO6. The van der Waals surface area contributed by atoms with E-state index in [0.717, 1.165) is 77.0 Å². The first-order valence-corrected chi connectivity index (χ1v) is 13.1. The van der Waals surface area contributed by atoms with Gasteiger partial charge in [0.15, 0.2) is 0 Å². The first kappa shape index (κ1) is 24.2. The van der Waals surface area contributed by atoms with Gasteiger partial charge in [-0.3, -0.25) is 24.1 Å². The number of nitrogens with zero attached hydrogens (tertiary/aromatic N) is 1. The number of carbonyl (C=O) groups excluding carboxylic acids is 4. The summed E-state index contributed by atoms with van der Waals surface area (Å²) >= 11 is 0. The molecule has 0 aromatic rings. The summed E-state index contributed by atoms with van der Waals surface area (Å²) in [7, 11) is 0. The highest BCUT2D eigenvalue weighted by atomic mass is 16.6. The average Bonchev–Trinajstić information content (AvgIpc) is 3.12. The molecule has 7 nitrogen and oxygen atoms in total. The Morgan fingerprint density at radius 2 is 1.06 bits per heavy atom. The van der Waals surface area contributed by atoms with Gasteiger partial charge in [0, 0.05) is 0 Å². The molecule has 2 atom stereocenters. The van der Waals surface area contributed by atoms with Gasteiger partial charge in [0.2, 0.25) is 11.8 Å². The van der Waals surface area contributed by atoms with E-state index in [1.807, 2.05) is 0 Å². The van der Waals surface area contributed by atoms with E-state index < -0.39 is 5.54 Å². The third kappa shape index (κ3) is 5.27. The van der Waals surface area contributed by atoms with Crippen LogP contribution in [0.3, 0.4) is 0 Å². The van der Waals surface area contributed by atoms with Crippen molar-refractivity contribution in [1.82, 2.24) is 4.90 Å². The van der Waals surface area contributed by atoms with Gasteiger partial charge < -0.3 is 9.47 Å². The van der Waals surface area contributed by atoms with Crippen LogP contribution < -0.4 is 0 Å². The summed E-state index contributed by atoms with van der Waals surface area (Å²) in [5.41, 5.74) is -1.18. The lowest BCUT2D eigenvalue weighted by Gasteiger charge is -2.37. The van der Waals surface area contributed by atoms with Gasteiger partial charge in [-0.15, -0.1) is 0 Å². The minimum atomic E-state index is -1.18. The van der Waals surface area contributed by atoms with Crippen LogP contribution in [0.2, 0.25) is 0 Å². The average molecular weight is 462 g/mol. The summed E-state index contributed by atoms with van der Waals surface area (Å²) in [5, 5.41) is 0. The minimum Gasteiger partial charge on any atom is -0.463 e. The van der Waals surface area contributed by atoms with Crippen molar-refractivity contribution in [3.05, 3.63) is 0 Å². The van der Waals surface area contributed by atoms with Crippen LogP contribution >= 0.6 is 0 Å². The number of rotatable bonds is 7. The van der Waals surface area contributed by atoms with Crippen LogP contribution in [-0.4, -0.2) is 47.4 Å². The van der Waals surface area contributed by atoms with E-state index in [1.54, 1.807) is 6.92 Å². The molecule has 0 spiro atoms. The Morgan fingerprint density at radius 3 is 1.45 bits per heavy atom. The lowest BCUT2D eigenvalue weighted by Crippen LogP contribution is -2.57. The number of carbonyl (C=O) groups is 4. The molecule has 4 rings (SSSR count). The molecule has 3 aliphatic carbocycles. The van der Waals surface area contributed by atoms with Crippen molar-refractivity contribution in [2.24, 2.45) is 23.7 Å². The van der Waals surface area contributed by atoms with Gasteiger partial charge in [0.05, 0.1) is 23.7 Å². The predicted octanol–water partition coefficient (Wildman–Crippen LogP) is 4.17. The van der Waals surface area contributed by atoms with Crippen LogP contribution in [0.5, 0.6) is 0 Å². The second kappa shape index (κ2) is 10.6. The first-order chi connectivity index (χ1) is 15.9. The summed E-state index contributed by atoms with van der Waals surface area (Å²) in [6.07, 6.45) is 12.9. The molecule has 1 heterocycles. The molecule has 33 heavy (non-hydrogen) atoms. The van der Waals surface area contributed by atoms with E-state index in [-0.39, 0.29) is 60.6 Å². The van der Waals surface area contributed by atoms with Crippen LogP contribution in [0.4, 0.5) is 0 Å². The van der Waals surface area contributed by atoms with Crippen LogP contribution in [0.15, 0.2) is 0 Å². The maximum atomic E-state index is 13.3. The molecule has 7 heteroatoms. The maximum Gasteiger partial charge on any atom is 0.309 e. The van der Waals surface area contributed by atoms with Gasteiger partial charge in [-0.2, -0.15) is 0 Å². The van der Waals surface area contributed by atoms with Gasteiger partial charge in [0.25, 0.3) is 0 Å². The highest BCUT2D eigenvalue weighted by Gasteiger charge is 2.55. The van der Waals surface area contributed by atoms with Crippen molar-refractivity contribution in [2.45, 2.75) is 102 Å². The predicted molar refractivity (Wildman–Crippen MR) is 121 cm³/mol. The van der Waals surface area contributed by atoms with Crippen LogP contribution in [0.1, 0.15) is 96.8 Å². The molecular weight excluding hydrogens is 422 g/mol. The number of hydrogen-bond acceptors (Lipinski definition) is 6. The van der Waals surface area contributed by atoms with Crippen LogP contribution in [0, 0.1) is 23.7 Å². The van der Waals surface area contributed by atoms with Gasteiger partial charge in [-0.25, -0.2) is 0 Å². The van der Waals surface area contributed by atoms with Crippen molar-refractivity contribution in [1.29, 1.82) is 0 Å². The summed E-state index contributed by atoms with van der Waals surface area (Å²) in [6.45, 7) is 1.47. The van der Waals surface area contributed by atoms with E-state index in [2.05, 4.69) is 0 Å². The molecule has 1 saturated heterocycles. The fourth-order valence-electron chi connectivity index (χ4n) is 6.23. The third-order valence-electron chi connectivity index (χ3n) is 8.31. The van der Waals surface area contributed by atoms with Crippen LogP contribution in [-0.2, 0) is 28.7 Å². The fourth-order valence-corrected chi connectivity index (χ4v) is 6.23. The molecule has 0 aromatic carbocycles. The lowest BCUT2D eigenvalue weighted by atomic mass is 9.81. The summed E-state index contributed by atoms with van der Waals surface area (Å²) in [5.74, 6) is -1.78. The number of imide groups is 1. The number of amides is 2. The molecule has 0 aromatic heterocycles. The molecule has 0 N–H and O–H groups in total. The first-order valence-electron chi connectivity index (χ1n) is 13.1. The summed E-state index contributed by atoms with van der Waals surface area (Å²) in [4.78, 5) is 53.4. The van der Waals surface area contributed by atoms with Crippen molar-refractivity contribution in [3.63, 3.8) is 0 Å². The highest BCUT2D eigenvalue weighted by Crippen LogP contribution is 2.41. The molecule has 4 fully saturated rings. The topological polar surface area (TPSA) is 90.0 Å². The Morgan fingerprint density at radius 1 is 0.697 bits per heavy atom. The number of likely N-dealkylation sites (tertiary alicyclic amines) is 1. The van der Waals surface area contributed by atoms with Crippen molar-refractivity contribution >= 4 is 23.8 Å². The minimum absolute atomic E-state index is 0.125. The van der Waals surface area contributed by atoms with Crippen molar-refractivity contribution in [2.75, 3.05) is 13.2 Å². The van der Waals surface area contributed by atoms with Gasteiger partial charge >= 0.3 is 11.9 Å². The Hall–Kier alpha value is -1.92. The normalized spacial score (nSPS) is 27.4. The number of esters is 2. The molecule has 2 amide bonds. The van der Waals surface area contributed by atoms with Gasteiger partial charge in [-0.05, 0) is 45.4 Å². The summed E-state index contributed by atoms with van der Waals surface area (Å²) in [6, 6.07) is 0. The van der Waals surface area contributed by atoms with E-state index in [1.165, 1.54) is 4.90 Å². The second-order valence-corrected chi connectivity index (χ2v) is 10.9. The van der Waals surface area contributed by atoms with E-state index in [9.17, 15) is 19.2 Å². The highest BCUT2D eigenvalue weighted by molar-refractivity contribution is 6.06. The van der Waals surface area contributed by atoms with E-state index >= 15 is 0 Å². The third-order valence-corrected chi connectivity index (χ3v) is 8.31. The monoisotopic (exact) mass is 461 g/mol. The molecule has 184 valence electrons. The Kier molecular flexibility index (Phi) is 7.75. The van der Waals surface area contributed by atoms with Gasteiger partial charge in [0.1, 0.15) is 18.8 Å². The largest absolute Gasteiger partial charge is 0.463 e. The molecule has 1 aliphatic heterocycles. The number of ether oxygens (including phenoxy) is 2. The molecule has 2 unspecified atom stereocenters. The fraction of sp³-hybridized carbons (Fsp3) is 0.846. The zero-order valence-electron chi connectivity index (χ0n) is 20.0. The van der Waals surface area contributed by atoms with E-state index in [0.29, 0.717) is 12.8 Å². The van der Waals surface area contributed by atoms with Crippen molar-refractivity contribution < 1.29 is 28.7 Å².